The van der Waals surface area contributed by atoms with Gasteiger partial charge in [0.05, 0.1) is 25.7 Å². The molecule has 0 aromatic rings. The monoisotopic (exact) mass is 261 g/mol. The van der Waals surface area contributed by atoms with Crippen LogP contribution in [-0.4, -0.2) is 53.4 Å². The standard InChI is InChI=1S/C11H19NO6/c1-10(2)17-6-8(18-10)9-11(3,12(14)15)7(4-13)5-16-9/h7-9,13H,4-6H2,1-3H3/t7-,8-,9+,11+/m1/s1. The third-order valence-electron chi connectivity index (χ3n) is 3.86. The second kappa shape index (κ2) is 4.41. The van der Waals surface area contributed by atoms with Gasteiger partial charge in [0.15, 0.2) is 11.9 Å². The molecule has 0 radical (unpaired) electrons. The molecule has 0 aromatic heterocycles. The fraction of sp³-hybridized carbons (Fsp3) is 1.00. The van der Waals surface area contributed by atoms with E-state index in [2.05, 4.69) is 0 Å². The van der Waals surface area contributed by atoms with Crippen molar-refractivity contribution < 1.29 is 24.2 Å². The molecule has 0 aliphatic carbocycles. The first-order valence-corrected chi connectivity index (χ1v) is 6.00. The summed E-state index contributed by atoms with van der Waals surface area (Å²) in [5, 5.41) is 20.6. The zero-order valence-electron chi connectivity index (χ0n) is 10.8. The molecule has 2 fully saturated rings. The lowest BCUT2D eigenvalue weighted by atomic mass is 9.82. The molecule has 104 valence electrons. The second-order valence-electron chi connectivity index (χ2n) is 5.48. The number of nitro groups is 1. The molecule has 7 heteroatoms. The van der Waals surface area contributed by atoms with E-state index in [1.54, 1.807) is 13.8 Å². The molecule has 2 heterocycles. The van der Waals surface area contributed by atoms with Gasteiger partial charge in [-0.2, -0.15) is 0 Å². The van der Waals surface area contributed by atoms with Gasteiger partial charge in [-0.15, -0.1) is 0 Å². The molecule has 0 spiro atoms. The van der Waals surface area contributed by atoms with Crippen molar-refractivity contribution in [3.8, 4) is 0 Å². The Morgan fingerprint density at radius 1 is 1.39 bits per heavy atom. The molecule has 7 nitrogen and oxygen atoms in total. The van der Waals surface area contributed by atoms with Gasteiger partial charge in [0.2, 0.25) is 0 Å². The van der Waals surface area contributed by atoms with Crippen molar-refractivity contribution in [2.24, 2.45) is 5.92 Å². The average Bonchev–Trinajstić information content (AvgIpc) is 2.79. The van der Waals surface area contributed by atoms with Crippen LogP contribution in [0.15, 0.2) is 0 Å². The lowest BCUT2D eigenvalue weighted by molar-refractivity contribution is -0.581. The molecule has 2 rings (SSSR count). The Hall–Kier alpha value is -0.760. The van der Waals surface area contributed by atoms with Crippen LogP contribution in [0.4, 0.5) is 0 Å². The Morgan fingerprint density at radius 2 is 2.06 bits per heavy atom. The molecule has 2 aliphatic heterocycles. The Balaban J connectivity index is 2.20. The first kappa shape index (κ1) is 13.7. The van der Waals surface area contributed by atoms with Crippen molar-refractivity contribution in [3.63, 3.8) is 0 Å². The molecule has 1 N–H and O–H groups in total. The molecule has 0 bridgehead atoms. The van der Waals surface area contributed by atoms with Crippen molar-refractivity contribution >= 4 is 0 Å². The topological polar surface area (TPSA) is 91.1 Å². The molecule has 0 aromatic carbocycles. The van der Waals surface area contributed by atoms with Crippen molar-refractivity contribution in [2.75, 3.05) is 19.8 Å². The maximum atomic E-state index is 11.3. The van der Waals surface area contributed by atoms with Crippen molar-refractivity contribution in [1.82, 2.24) is 0 Å². The van der Waals surface area contributed by atoms with Gasteiger partial charge >= 0.3 is 0 Å². The van der Waals surface area contributed by atoms with E-state index in [0.29, 0.717) is 0 Å². The summed E-state index contributed by atoms with van der Waals surface area (Å²) in [5.41, 5.74) is -1.34. The van der Waals surface area contributed by atoms with E-state index in [4.69, 9.17) is 14.2 Å². The number of nitrogens with zero attached hydrogens (tertiary/aromatic N) is 1. The van der Waals surface area contributed by atoms with Gasteiger partial charge in [-0.25, -0.2) is 0 Å². The lowest BCUT2D eigenvalue weighted by Crippen LogP contribution is -2.54. The second-order valence-corrected chi connectivity index (χ2v) is 5.48. The summed E-state index contributed by atoms with van der Waals surface area (Å²) >= 11 is 0. The summed E-state index contributed by atoms with van der Waals surface area (Å²) in [7, 11) is 0. The van der Waals surface area contributed by atoms with E-state index >= 15 is 0 Å². The normalized spacial score (nSPS) is 43.2. The quantitative estimate of drug-likeness (QED) is 0.575. The van der Waals surface area contributed by atoms with E-state index in [-0.39, 0.29) is 24.7 Å². The van der Waals surface area contributed by atoms with E-state index in [1.807, 2.05) is 0 Å². The van der Waals surface area contributed by atoms with E-state index in [1.165, 1.54) is 6.92 Å². The first-order valence-electron chi connectivity index (χ1n) is 6.00. The molecule has 18 heavy (non-hydrogen) atoms. The van der Waals surface area contributed by atoms with Crippen molar-refractivity contribution in [3.05, 3.63) is 10.1 Å². The fourth-order valence-corrected chi connectivity index (χ4v) is 2.63. The smallest absolute Gasteiger partial charge is 0.254 e. The van der Waals surface area contributed by atoms with Crippen LogP contribution in [0.1, 0.15) is 20.8 Å². The third-order valence-corrected chi connectivity index (χ3v) is 3.86. The Kier molecular flexibility index (Phi) is 3.35. The highest BCUT2D eigenvalue weighted by molar-refractivity contribution is 5.00. The van der Waals surface area contributed by atoms with Crippen LogP contribution in [0.3, 0.4) is 0 Å². The largest absolute Gasteiger partial charge is 0.396 e. The Bertz CT molecular complexity index is 346. The highest BCUT2D eigenvalue weighted by atomic mass is 16.8. The van der Waals surface area contributed by atoms with Crippen LogP contribution in [0.2, 0.25) is 0 Å². The molecule has 2 saturated heterocycles. The maximum absolute atomic E-state index is 11.3. The minimum Gasteiger partial charge on any atom is -0.396 e. The van der Waals surface area contributed by atoms with Crippen LogP contribution >= 0.6 is 0 Å². The molecule has 0 amide bonds. The highest BCUT2D eigenvalue weighted by Gasteiger charge is 2.62. The highest BCUT2D eigenvalue weighted by Crippen LogP contribution is 2.39. The predicted molar refractivity (Wildman–Crippen MR) is 60.6 cm³/mol. The summed E-state index contributed by atoms with van der Waals surface area (Å²) in [5.74, 6) is -1.27. The molecule has 2 aliphatic rings. The average molecular weight is 261 g/mol. The summed E-state index contributed by atoms with van der Waals surface area (Å²) < 4.78 is 16.6. The fourth-order valence-electron chi connectivity index (χ4n) is 2.63. The minimum atomic E-state index is -1.34. The van der Waals surface area contributed by atoms with Gasteiger partial charge in [0, 0.05) is 11.8 Å². The van der Waals surface area contributed by atoms with Crippen molar-refractivity contribution in [2.45, 2.75) is 44.3 Å². The van der Waals surface area contributed by atoms with Gasteiger partial charge in [0.25, 0.3) is 5.54 Å². The molecule has 0 saturated carbocycles. The van der Waals surface area contributed by atoms with Gasteiger partial charge < -0.3 is 19.3 Å². The van der Waals surface area contributed by atoms with E-state index < -0.39 is 29.5 Å². The number of hydrogen-bond acceptors (Lipinski definition) is 6. The maximum Gasteiger partial charge on any atom is 0.254 e. The van der Waals surface area contributed by atoms with Crippen LogP contribution in [0.25, 0.3) is 0 Å². The number of aliphatic hydroxyl groups excluding tert-OH is 1. The van der Waals surface area contributed by atoms with Gasteiger partial charge in [0.1, 0.15) is 6.10 Å². The van der Waals surface area contributed by atoms with Gasteiger partial charge in [-0.1, -0.05) is 0 Å². The first-order chi connectivity index (χ1) is 8.31. The summed E-state index contributed by atoms with van der Waals surface area (Å²) in [6.45, 7) is 5.17. The summed E-state index contributed by atoms with van der Waals surface area (Å²) in [6.07, 6.45) is -1.18. The third kappa shape index (κ3) is 2.01. The zero-order chi connectivity index (χ0) is 13.6. The van der Waals surface area contributed by atoms with Crippen LogP contribution in [0.5, 0.6) is 0 Å². The minimum absolute atomic E-state index is 0.166. The van der Waals surface area contributed by atoms with Gasteiger partial charge in [-0.05, 0) is 13.8 Å². The lowest BCUT2D eigenvalue weighted by Gasteiger charge is -2.29. The predicted octanol–water partition coefficient (Wildman–Crippen LogP) is 0.181. The molecular formula is C11H19NO6. The molecular weight excluding hydrogens is 242 g/mol. The van der Waals surface area contributed by atoms with Crippen LogP contribution < -0.4 is 0 Å². The number of aliphatic hydroxyl groups is 1. The van der Waals surface area contributed by atoms with Crippen molar-refractivity contribution in [1.29, 1.82) is 0 Å². The number of ether oxygens (including phenoxy) is 3. The van der Waals surface area contributed by atoms with Gasteiger partial charge in [-0.3, -0.25) is 10.1 Å². The summed E-state index contributed by atoms with van der Waals surface area (Å²) in [6, 6.07) is 0. The zero-order valence-corrected chi connectivity index (χ0v) is 10.8. The molecule has 0 unspecified atom stereocenters. The van der Waals surface area contributed by atoms with E-state index in [0.717, 1.165) is 0 Å². The SMILES string of the molecule is CC1(C)OC[C@H]([C@@H]2OC[C@@H](CO)[C@]2(C)[N+](=O)[O-])O1. The van der Waals surface area contributed by atoms with E-state index in [9.17, 15) is 15.2 Å². The van der Waals surface area contributed by atoms with Crippen LogP contribution in [0, 0.1) is 16.0 Å². The summed E-state index contributed by atoms with van der Waals surface area (Å²) in [4.78, 5) is 11.0. The Labute approximate surface area is 105 Å². The number of rotatable bonds is 3. The molecule has 4 atom stereocenters. The van der Waals surface area contributed by atoms with Crippen LogP contribution in [-0.2, 0) is 14.2 Å². The Morgan fingerprint density at radius 3 is 2.50 bits per heavy atom. The number of hydrogen-bond donors (Lipinski definition) is 1.